The Morgan fingerprint density at radius 1 is 1.12 bits per heavy atom. The fourth-order valence-corrected chi connectivity index (χ4v) is 2.72. The molecule has 1 fully saturated rings. The molecule has 1 aromatic carbocycles. The van der Waals surface area contributed by atoms with Crippen molar-refractivity contribution < 1.29 is 28.3 Å². The highest BCUT2D eigenvalue weighted by molar-refractivity contribution is 5.89. The van der Waals surface area contributed by atoms with Gasteiger partial charge in [-0.25, -0.2) is 9.59 Å². The Kier molecular flexibility index (Phi) is 5.36. The maximum Gasteiger partial charge on any atom is 0.373 e. The van der Waals surface area contributed by atoms with Gasteiger partial charge in [0.2, 0.25) is 11.7 Å². The van der Waals surface area contributed by atoms with E-state index >= 15 is 0 Å². The predicted molar refractivity (Wildman–Crippen MR) is 90.3 cm³/mol. The topological polar surface area (TPSA) is 86.0 Å². The third-order valence-corrected chi connectivity index (χ3v) is 4.13. The minimum absolute atomic E-state index is 0.0550. The first-order valence-electron chi connectivity index (χ1n) is 8.27. The van der Waals surface area contributed by atoms with Crippen molar-refractivity contribution in [1.29, 1.82) is 0 Å². The van der Waals surface area contributed by atoms with Crippen LogP contribution in [0, 0.1) is 0 Å². The lowest BCUT2D eigenvalue weighted by Crippen LogP contribution is -2.23. The largest absolute Gasteiger partial charge is 0.463 e. The van der Waals surface area contributed by atoms with Gasteiger partial charge in [-0.3, -0.25) is 4.79 Å². The van der Waals surface area contributed by atoms with E-state index in [1.807, 2.05) is 17.0 Å². The molecule has 0 radical (unpaired) electrons. The van der Waals surface area contributed by atoms with Crippen molar-refractivity contribution in [3.63, 3.8) is 0 Å². The van der Waals surface area contributed by atoms with Gasteiger partial charge in [-0.15, -0.1) is 0 Å². The molecule has 2 aromatic rings. The van der Waals surface area contributed by atoms with Crippen molar-refractivity contribution in [3.05, 3.63) is 59.0 Å². The number of benzene rings is 1. The number of esters is 2. The summed E-state index contributed by atoms with van der Waals surface area (Å²) < 4.78 is 15.0. The van der Waals surface area contributed by atoms with Gasteiger partial charge in [-0.05, 0) is 36.2 Å². The number of methoxy groups -OCH3 is 1. The van der Waals surface area contributed by atoms with Crippen LogP contribution in [0.3, 0.4) is 0 Å². The van der Waals surface area contributed by atoms with Crippen LogP contribution in [0.2, 0.25) is 0 Å². The van der Waals surface area contributed by atoms with Crippen molar-refractivity contribution >= 4 is 17.8 Å². The van der Waals surface area contributed by atoms with Crippen LogP contribution >= 0.6 is 0 Å². The summed E-state index contributed by atoms with van der Waals surface area (Å²) in [6.07, 6.45) is 1.50. The SMILES string of the molecule is COC(=O)c1ccc(COC(=O)c2ccc(CN3CCCC3=O)cc2)o1. The number of nitrogens with zero attached hydrogens (tertiary/aromatic N) is 1. The lowest BCUT2D eigenvalue weighted by atomic mass is 10.1. The number of carbonyl (C=O) groups excluding carboxylic acids is 3. The molecule has 7 heteroatoms. The van der Waals surface area contributed by atoms with Crippen LogP contribution in [0.25, 0.3) is 0 Å². The Bertz CT molecular complexity index is 808. The molecule has 1 amide bonds. The Labute approximate surface area is 150 Å². The molecule has 26 heavy (non-hydrogen) atoms. The number of carbonyl (C=O) groups is 3. The zero-order valence-electron chi connectivity index (χ0n) is 14.4. The number of furan rings is 1. The van der Waals surface area contributed by atoms with Crippen LogP contribution in [0.1, 0.15) is 45.1 Å². The smallest absolute Gasteiger partial charge is 0.373 e. The standard InChI is InChI=1S/C19H19NO6/c1-24-19(23)16-9-8-15(26-16)12-25-18(22)14-6-4-13(5-7-14)11-20-10-2-3-17(20)21/h4-9H,2-3,10-12H2,1H3. The second-order valence-corrected chi connectivity index (χ2v) is 5.95. The summed E-state index contributed by atoms with van der Waals surface area (Å²) in [6, 6.07) is 9.97. The predicted octanol–water partition coefficient (Wildman–Crippen LogP) is 2.55. The fraction of sp³-hybridized carbons (Fsp3) is 0.316. The van der Waals surface area contributed by atoms with Crippen LogP contribution in [0.5, 0.6) is 0 Å². The van der Waals surface area contributed by atoms with Crippen molar-refractivity contribution in [1.82, 2.24) is 4.90 Å². The monoisotopic (exact) mass is 357 g/mol. The first kappa shape index (κ1) is 17.7. The Balaban J connectivity index is 1.53. The van der Waals surface area contributed by atoms with E-state index in [0.717, 1.165) is 18.5 Å². The molecule has 0 aliphatic carbocycles. The molecule has 2 heterocycles. The maximum atomic E-state index is 12.1. The van der Waals surface area contributed by atoms with E-state index < -0.39 is 11.9 Å². The second kappa shape index (κ2) is 7.86. The minimum Gasteiger partial charge on any atom is -0.463 e. The molecule has 0 saturated carbocycles. The molecule has 1 saturated heterocycles. The van der Waals surface area contributed by atoms with Gasteiger partial charge in [0.05, 0.1) is 12.7 Å². The molecule has 136 valence electrons. The minimum atomic E-state index is -0.588. The zero-order chi connectivity index (χ0) is 18.5. The van der Waals surface area contributed by atoms with Gasteiger partial charge in [0.1, 0.15) is 12.4 Å². The van der Waals surface area contributed by atoms with Gasteiger partial charge >= 0.3 is 11.9 Å². The van der Waals surface area contributed by atoms with Gasteiger partial charge in [-0.2, -0.15) is 0 Å². The molecule has 1 aliphatic heterocycles. The van der Waals surface area contributed by atoms with E-state index in [0.29, 0.717) is 24.3 Å². The molecule has 1 aliphatic rings. The average Bonchev–Trinajstić information content (AvgIpc) is 3.29. The van der Waals surface area contributed by atoms with E-state index in [1.165, 1.54) is 13.2 Å². The second-order valence-electron chi connectivity index (χ2n) is 5.95. The molecule has 0 N–H and O–H groups in total. The van der Waals surface area contributed by atoms with Crippen molar-refractivity contribution in [2.45, 2.75) is 26.0 Å². The van der Waals surface area contributed by atoms with Gasteiger partial charge < -0.3 is 18.8 Å². The highest BCUT2D eigenvalue weighted by Crippen LogP contribution is 2.16. The van der Waals surface area contributed by atoms with Gasteiger partial charge in [0.15, 0.2) is 0 Å². The first-order valence-corrected chi connectivity index (χ1v) is 8.27. The fourth-order valence-electron chi connectivity index (χ4n) is 2.72. The van der Waals surface area contributed by atoms with Crippen molar-refractivity contribution in [3.8, 4) is 0 Å². The number of likely N-dealkylation sites (tertiary alicyclic amines) is 1. The third-order valence-electron chi connectivity index (χ3n) is 4.13. The van der Waals surface area contributed by atoms with Crippen LogP contribution < -0.4 is 0 Å². The summed E-state index contributed by atoms with van der Waals surface area (Å²) in [5.41, 5.74) is 1.37. The molecule has 0 atom stereocenters. The number of ether oxygens (including phenoxy) is 2. The molecule has 1 aromatic heterocycles. The van der Waals surface area contributed by atoms with E-state index in [1.54, 1.807) is 18.2 Å². The van der Waals surface area contributed by atoms with Crippen LogP contribution in [-0.4, -0.2) is 36.4 Å². The highest BCUT2D eigenvalue weighted by atomic mass is 16.5. The van der Waals surface area contributed by atoms with Gasteiger partial charge in [0.25, 0.3) is 0 Å². The molecule has 7 nitrogen and oxygen atoms in total. The number of amides is 1. The Morgan fingerprint density at radius 2 is 1.88 bits per heavy atom. The summed E-state index contributed by atoms with van der Waals surface area (Å²) in [5.74, 6) is -0.514. The summed E-state index contributed by atoms with van der Waals surface area (Å²) in [4.78, 5) is 36.9. The lowest BCUT2D eigenvalue weighted by Gasteiger charge is -2.15. The Hall–Kier alpha value is -3.09. The summed E-state index contributed by atoms with van der Waals surface area (Å²) in [5, 5.41) is 0. The third kappa shape index (κ3) is 4.11. The van der Waals surface area contributed by atoms with Gasteiger partial charge in [-0.1, -0.05) is 12.1 Å². The summed E-state index contributed by atoms with van der Waals surface area (Å²) in [7, 11) is 1.26. The molecular formula is C19H19NO6. The highest BCUT2D eigenvalue weighted by Gasteiger charge is 2.20. The van der Waals surface area contributed by atoms with Crippen molar-refractivity contribution in [2.75, 3.05) is 13.7 Å². The quantitative estimate of drug-likeness (QED) is 0.739. The normalized spacial score (nSPS) is 13.7. The molecule has 3 rings (SSSR count). The molecule has 0 spiro atoms. The van der Waals surface area contributed by atoms with Crippen molar-refractivity contribution in [2.24, 2.45) is 0 Å². The van der Waals surface area contributed by atoms with E-state index in [2.05, 4.69) is 4.74 Å². The molecular weight excluding hydrogens is 338 g/mol. The molecule has 0 unspecified atom stereocenters. The van der Waals surface area contributed by atoms with E-state index in [-0.39, 0.29) is 18.3 Å². The van der Waals surface area contributed by atoms with Crippen LogP contribution in [-0.2, 0) is 27.4 Å². The summed E-state index contributed by atoms with van der Waals surface area (Å²) >= 11 is 0. The summed E-state index contributed by atoms with van der Waals surface area (Å²) in [6.45, 7) is 1.25. The number of hydrogen-bond acceptors (Lipinski definition) is 6. The van der Waals surface area contributed by atoms with Crippen LogP contribution in [0.15, 0.2) is 40.8 Å². The zero-order valence-corrected chi connectivity index (χ0v) is 14.4. The number of rotatable bonds is 6. The van der Waals surface area contributed by atoms with E-state index in [4.69, 9.17) is 9.15 Å². The molecule has 0 bridgehead atoms. The van der Waals surface area contributed by atoms with Gasteiger partial charge in [0, 0.05) is 19.5 Å². The first-order chi connectivity index (χ1) is 12.6. The number of hydrogen-bond donors (Lipinski definition) is 0. The van der Waals surface area contributed by atoms with E-state index in [9.17, 15) is 14.4 Å². The Morgan fingerprint density at radius 3 is 2.54 bits per heavy atom. The van der Waals surface area contributed by atoms with Crippen LogP contribution in [0.4, 0.5) is 0 Å². The maximum absolute atomic E-state index is 12.1. The average molecular weight is 357 g/mol. The lowest BCUT2D eigenvalue weighted by molar-refractivity contribution is -0.128.